The zero-order valence-corrected chi connectivity index (χ0v) is 22.8. The van der Waals surface area contributed by atoms with Crippen LogP contribution in [0.15, 0.2) is 36.9 Å². The number of aldehydes is 1. The zero-order chi connectivity index (χ0) is 26.4. The van der Waals surface area contributed by atoms with Gasteiger partial charge >= 0.3 is 8.53 Å². The van der Waals surface area contributed by atoms with E-state index < -0.39 is 8.53 Å². The number of nitrogens with zero attached hydrogens (tertiary/aromatic N) is 5. The molecule has 1 aromatic carbocycles. The van der Waals surface area contributed by atoms with E-state index in [2.05, 4.69) is 33.9 Å². The number of carbonyl (C=O) groups excluding carboxylic acids is 1. The Balaban J connectivity index is 1.43. The Morgan fingerprint density at radius 3 is 2.84 bits per heavy atom. The fourth-order valence-corrected chi connectivity index (χ4v) is 5.58. The average molecular weight is 550 g/mol. The molecule has 3 N–H and O–H groups in total. The molecule has 4 rings (SSSR count). The smallest absolute Gasteiger partial charge is 0.318 e. The van der Waals surface area contributed by atoms with Gasteiger partial charge in [-0.3, -0.25) is 9.58 Å². The number of anilines is 1. The standard InChI is InChI=1S/C24H33ClN7O4P/c1-4-5-6-18(12-33)30-37(36-19-9-7-17(25)8-10-19)34-13-20-11-16(2)24(35-20)32-15-29-21-22(31(3)26)27-14-28-23(21)32/h7-10,12,14-16,18,20,24,30H,4-6,11,13,26H2,1-3H3. The highest BCUT2D eigenvalue weighted by atomic mass is 35.5. The van der Waals surface area contributed by atoms with Crippen LogP contribution >= 0.6 is 20.1 Å². The number of hydrazine groups is 1. The highest BCUT2D eigenvalue weighted by molar-refractivity contribution is 7.45. The molecule has 0 aliphatic carbocycles. The number of ether oxygens (including phenoxy) is 1. The van der Waals surface area contributed by atoms with E-state index in [-0.39, 0.29) is 24.3 Å². The van der Waals surface area contributed by atoms with E-state index >= 15 is 0 Å². The number of fused-ring (bicyclic) bond motifs is 1. The summed E-state index contributed by atoms with van der Waals surface area (Å²) in [6, 6.07) is 6.68. The molecule has 1 aliphatic heterocycles. The van der Waals surface area contributed by atoms with Gasteiger partial charge in [0, 0.05) is 18.0 Å². The van der Waals surface area contributed by atoms with E-state index in [9.17, 15) is 4.79 Å². The predicted octanol–water partition coefficient (Wildman–Crippen LogP) is 4.38. The summed E-state index contributed by atoms with van der Waals surface area (Å²) in [7, 11) is 0.106. The Morgan fingerprint density at radius 2 is 2.14 bits per heavy atom. The molecular weight excluding hydrogens is 517 g/mol. The minimum absolute atomic E-state index is 0.179. The number of unbranched alkanes of at least 4 members (excludes halogenated alkanes) is 1. The van der Waals surface area contributed by atoms with Crippen LogP contribution in [0.1, 0.15) is 45.8 Å². The van der Waals surface area contributed by atoms with Crippen LogP contribution < -0.4 is 20.5 Å². The van der Waals surface area contributed by atoms with Crippen LogP contribution in [0.4, 0.5) is 5.82 Å². The lowest BCUT2D eigenvalue weighted by molar-refractivity contribution is -0.109. The minimum Gasteiger partial charge on any atom is -0.436 e. The lowest BCUT2D eigenvalue weighted by Gasteiger charge is -2.23. The Labute approximate surface area is 222 Å². The number of halogens is 1. The van der Waals surface area contributed by atoms with Gasteiger partial charge in [0.1, 0.15) is 24.6 Å². The molecule has 1 fully saturated rings. The second kappa shape index (κ2) is 12.9. The van der Waals surface area contributed by atoms with Crippen LogP contribution in [-0.4, -0.2) is 51.6 Å². The molecule has 37 heavy (non-hydrogen) atoms. The number of carbonyl (C=O) groups is 1. The average Bonchev–Trinajstić information content (AvgIpc) is 3.48. The number of nitrogens with two attached hydrogens (primary N) is 1. The molecule has 1 aliphatic rings. The topological polar surface area (TPSA) is 130 Å². The molecule has 0 amide bonds. The maximum Gasteiger partial charge on any atom is 0.318 e. The highest BCUT2D eigenvalue weighted by Gasteiger charge is 2.36. The van der Waals surface area contributed by atoms with Crippen molar-refractivity contribution in [3.63, 3.8) is 0 Å². The molecule has 1 saturated heterocycles. The second-order valence-corrected chi connectivity index (χ2v) is 10.8. The SMILES string of the molecule is CCCCC(C=O)NP(OCC1CC(C)C(n2cnc3c(N(C)N)ncnc32)O1)Oc1ccc(Cl)cc1. The van der Waals surface area contributed by atoms with Crippen molar-refractivity contribution < 1.29 is 18.6 Å². The van der Waals surface area contributed by atoms with Crippen molar-refractivity contribution >= 4 is 43.4 Å². The van der Waals surface area contributed by atoms with Crippen LogP contribution in [0.25, 0.3) is 11.2 Å². The molecule has 3 aromatic rings. The second-order valence-electron chi connectivity index (χ2n) is 9.11. The van der Waals surface area contributed by atoms with Gasteiger partial charge in [-0.1, -0.05) is 38.3 Å². The third kappa shape index (κ3) is 6.93. The Kier molecular flexibility index (Phi) is 9.64. The number of nitrogens with one attached hydrogen (secondary N) is 1. The van der Waals surface area contributed by atoms with Gasteiger partial charge in [0.15, 0.2) is 17.0 Å². The van der Waals surface area contributed by atoms with Crippen molar-refractivity contribution in [3.8, 4) is 5.75 Å². The predicted molar refractivity (Wildman–Crippen MR) is 143 cm³/mol. The first-order chi connectivity index (χ1) is 17.9. The third-order valence-corrected chi connectivity index (χ3v) is 7.64. The molecule has 2 aromatic heterocycles. The van der Waals surface area contributed by atoms with Gasteiger partial charge in [-0.25, -0.2) is 25.9 Å². The maximum absolute atomic E-state index is 11.7. The van der Waals surface area contributed by atoms with Gasteiger partial charge in [0.05, 0.1) is 25.1 Å². The van der Waals surface area contributed by atoms with Crippen LogP contribution in [0.3, 0.4) is 0 Å². The van der Waals surface area contributed by atoms with E-state index in [4.69, 9.17) is 31.2 Å². The molecule has 3 heterocycles. The largest absolute Gasteiger partial charge is 0.436 e. The lowest BCUT2D eigenvalue weighted by atomic mass is 10.1. The molecule has 13 heteroatoms. The molecule has 0 bridgehead atoms. The van der Waals surface area contributed by atoms with Crippen LogP contribution in [0.5, 0.6) is 5.75 Å². The summed E-state index contributed by atoms with van der Waals surface area (Å²) in [4.78, 5) is 24.8. The molecule has 0 radical (unpaired) electrons. The Morgan fingerprint density at radius 1 is 1.35 bits per heavy atom. The van der Waals surface area contributed by atoms with Gasteiger partial charge in [0.2, 0.25) is 0 Å². The number of hydrogen-bond donors (Lipinski definition) is 2. The summed E-state index contributed by atoms with van der Waals surface area (Å²) in [5.74, 6) is 7.22. The van der Waals surface area contributed by atoms with Gasteiger partial charge in [0.25, 0.3) is 0 Å². The zero-order valence-electron chi connectivity index (χ0n) is 21.2. The summed E-state index contributed by atoms with van der Waals surface area (Å²) in [5, 5.41) is 5.26. The molecule has 0 saturated carbocycles. The molecule has 5 unspecified atom stereocenters. The molecule has 200 valence electrons. The Hall–Kier alpha value is -2.40. The van der Waals surface area contributed by atoms with Crippen molar-refractivity contribution in [1.29, 1.82) is 0 Å². The van der Waals surface area contributed by atoms with Crippen molar-refractivity contribution in [1.82, 2.24) is 24.6 Å². The van der Waals surface area contributed by atoms with Crippen molar-refractivity contribution in [3.05, 3.63) is 41.9 Å². The summed E-state index contributed by atoms with van der Waals surface area (Å²) < 4.78 is 20.5. The van der Waals surface area contributed by atoms with Gasteiger partial charge in [-0.15, -0.1) is 0 Å². The van der Waals surface area contributed by atoms with E-state index in [1.54, 1.807) is 37.6 Å². The van der Waals surface area contributed by atoms with Gasteiger partial charge < -0.3 is 18.6 Å². The molecule has 11 nitrogen and oxygen atoms in total. The monoisotopic (exact) mass is 549 g/mol. The summed E-state index contributed by atoms with van der Waals surface area (Å²) >= 11 is 6.01. The number of benzene rings is 1. The van der Waals surface area contributed by atoms with Crippen LogP contribution in [0, 0.1) is 5.92 Å². The first kappa shape index (κ1) is 27.6. The fourth-order valence-electron chi connectivity index (χ4n) is 4.20. The van der Waals surface area contributed by atoms with Crippen molar-refractivity contribution in [2.75, 3.05) is 18.7 Å². The highest BCUT2D eigenvalue weighted by Crippen LogP contribution is 2.41. The number of imidazole rings is 1. The third-order valence-electron chi connectivity index (χ3n) is 6.08. The van der Waals surface area contributed by atoms with Gasteiger partial charge in [-0.2, -0.15) is 0 Å². The van der Waals surface area contributed by atoms with E-state index in [1.807, 2.05) is 4.57 Å². The van der Waals surface area contributed by atoms with Crippen molar-refractivity contribution in [2.45, 2.75) is 57.9 Å². The van der Waals surface area contributed by atoms with Crippen LogP contribution in [-0.2, 0) is 14.1 Å². The first-order valence-corrected chi connectivity index (χ1v) is 13.8. The summed E-state index contributed by atoms with van der Waals surface area (Å²) in [6.45, 7) is 4.50. The quantitative estimate of drug-likeness (QED) is 0.137. The number of rotatable bonds is 13. The first-order valence-electron chi connectivity index (χ1n) is 12.3. The van der Waals surface area contributed by atoms with E-state index in [0.717, 1.165) is 25.5 Å². The minimum atomic E-state index is -1.60. The summed E-state index contributed by atoms with van der Waals surface area (Å²) in [6.07, 6.45) is 7.03. The molecular formula is C24H33ClN7O4P. The number of hydrogen-bond acceptors (Lipinski definition) is 10. The van der Waals surface area contributed by atoms with Crippen LogP contribution in [0.2, 0.25) is 5.02 Å². The Bertz CT molecular complexity index is 1170. The van der Waals surface area contributed by atoms with E-state index in [1.165, 1.54) is 11.3 Å². The normalized spacial score (nSPS) is 21.2. The lowest BCUT2D eigenvalue weighted by Crippen LogP contribution is -2.29. The number of aromatic nitrogens is 4. The van der Waals surface area contributed by atoms with Gasteiger partial charge in [-0.05, 0) is 37.1 Å². The maximum atomic E-state index is 11.7. The fraction of sp³-hybridized carbons (Fsp3) is 0.500. The summed E-state index contributed by atoms with van der Waals surface area (Å²) in [5.41, 5.74) is 1.26. The molecule has 0 spiro atoms. The van der Waals surface area contributed by atoms with E-state index in [0.29, 0.717) is 40.8 Å². The molecule has 5 atom stereocenters. The van der Waals surface area contributed by atoms with Crippen molar-refractivity contribution in [2.24, 2.45) is 11.8 Å².